The maximum Gasteiger partial charge on any atom is 0.306 e. The third-order valence-electron chi connectivity index (χ3n) is 3.00. The van der Waals surface area contributed by atoms with Crippen LogP contribution in [0.4, 0.5) is 11.4 Å². The van der Waals surface area contributed by atoms with Gasteiger partial charge in [0.15, 0.2) is 5.11 Å². The summed E-state index contributed by atoms with van der Waals surface area (Å²) >= 11 is 5.00. The number of nitro groups is 1. The molecule has 0 fully saturated rings. The first kappa shape index (κ1) is 21.3. The third-order valence-corrected chi connectivity index (χ3v) is 3.21. The van der Waals surface area contributed by atoms with Gasteiger partial charge in [0.2, 0.25) is 5.91 Å². The molecule has 26 heavy (non-hydrogen) atoms. The quantitative estimate of drug-likeness (QED) is 0.213. The van der Waals surface area contributed by atoms with Gasteiger partial charge in [0.05, 0.1) is 36.8 Å². The van der Waals surface area contributed by atoms with Gasteiger partial charge in [-0.2, -0.15) is 0 Å². The highest BCUT2D eigenvalue weighted by Gasteiger charge is 2.14. The summed E-state index contributed by atoms with van der Waals surface area (Å²) in [5.74, 6) is -0.808. The minimum Gasteiger partial charge on any atom is -0.494 e. The fourth-order valence-electron chi connectivity index (χ4n) is 1.77. The van der Waals surface area contributed by atoms with Crippen LogP contribution in [0.3, 0.4) is 0 Å². The van der Waals surface area contributed by atoms with Gasteiger partial charge < -0.3 is 24.8 Å². The molecule has 0 aliphatic carbocycles. The molecule has 1 amide bonds. The lowest BCUT2D eigenvalue weighted by Gasteiger charge is -2.12. The fraction of sp³-hybridized carbons (Fsp3) is 0.400. The Balaban J connectivity index is 2.49. The van der Waals surface area contributed by atoms with Crippen molar-refractivity contribution in [2.75, 3.05) is 32.8 Å². The summed E-state index contributed by atoms with van der Waals surface area (Å²) in [4.78, 5) is 33.4. The van der Waals surface area contributed by atoms with Crippen molar-refractivity contribution in [1.29, 1.82) is 0 Å². The Morgan fingerprint density at radius 2 is 1.96 bits per heavy atom. The number of nitro benzene ring substituents is 1. The molecule has 1 aromatic rings. The van der Waals surface area contributed by atoms with Gasteiger partial charge in [-0.3, -0.25) is 19.7 Å². The number of nitrogens with zero attached hydrogens (tertiary/aromatic N) is 1. The number of hydrogen-bond acceptors (Lipinski definition) is 8. The number of carbonyl (C=O) groups is 2. The third kappa shape index (κ3) is 7.40. The molecule has 1 rings (SSSR count). The van der Waals surface area contributed by atoms with E-state index in [1.807, 2.05) is 0 Å². The highest BCUT2D eigenvalue weighted by Crippen LogP contribution is 2.28. The molecule has 142 valence electrons. The minimum absolute atomic E-state index is 0.0325. The summed E-state index contributed by atoms with van der Waals surface area (Å²) in [6.45, 7) is 0.403. The second-order valence-electron chi connectivity index (χ2n) is 4.86. The summed E-state index contributed by atoms with van der Waals surface area (Å²) in [6, 6.07) is 3.90. The lowest BCUT2D eigenvalue weighted by Crippen LogP contribution is -2.34. The van der Waals surface area contributed by atoms with Crippen molar-refractivity contribution in [1.82, 2.24) is 5.32 Å². The first-order valence-corrected chi connectivity index (χ1v) is 7.86. The topological polar surface area (TPSA) is 129 Å². The van der Waals surface area contributed by atoms with E-state index >= 15 is 0 Å². The van der Waals surface area contributed by atoms with Crippen LogP contribution in [0.2, 0.25) is 0 Å². The first-order chi connectivity index (χ1) is 12.4. The zero-order valence-corrected chi connectivity index (χ0v) is 15.1. The summed E-state index contributed by atoms with van der Waals surface area (Å²) in [5, 5.41) is 15.8. The number of carbonyl (C=O) groups excluding carboxylic acids is 2. The normalized spacial score (nSPS) is 9.92. The number of anilines is 1. The average molecular weight is 385 g/mol. The van der Waals surface area contributed by atoms with Crippen LogP contribution in [-0.2, 0) is 19.1 Å². The molecule has 0 aliphatic heterocycles. The van der Waals surface area contributed by atoms with Crippen molar-refractivity contribution in [2.24, 2.45) is 0 Å². The van der Waals surface area contributed by atoms with Crippen LogP contribution in [0.25, 0.3) is 0 Å². The molecular formula is C15H19N3O7S. The van der Waals surface area contributed by atoms with Crippen LogP contribution in [0.5, 0.6) is 5.75 Å². The van der Waals surface area contributed by atoms with Gasteiger partial charge in [0.1, 0.15) is 12.4 Å². The summed E-state index contributed by atoms with van der Waals surface area (Å²) in [6.07, 6.45) is -0.204. The molecule has 10 nitrogen and oxygen atoms in total. The SMILES string of the molecule is COCCOC(=O)CCC(=O)NC(=S)Nc1ccc([N+](=O)[O-])cc1OC. The molecule has 0 aromatic heterocycles. The van der Waals surface area contributed by atoms with E-state index in [2.05, 4.69) is 10.6 Å². The summed E-state index contributed by atoms with van der Waals surface area (Å²) in [7, 11) is 2.83. The number of hydrogen-bond donors (Lipinski definition) is 2. The number of benzene rings is 1. The molecule has 0 bridgehead atoms. The van der Waals surface area contributed by atoms with Crippen molar-refractivity contribution in [3.8, 4) is 5.75 Å². The standard InChI is InChI=1S/C15H19N3O7S/c1-23-7-8-25-14(20)6-5-13(19)17-15(26)16-11-4-3-10(18(21)22)9-12(11)24-2/h3-4,9H,5-8H2,1-2H3,(H2,16,17,19,26). The van der Waals surface area contributed by atoms with Gasteiger partial charge in [-0.05, 0) is 18.3 Å². The predicted molar refractivity (Wildman–Crippen MR) is 96.1 cm³/mol. The van der Waals surface area contributed by atoms with E-state index < -0.39 is 16.8 Å². The lowest BCUT2D eigenvalue weighted by molar-refractivity contribution is -0.384. The van der Waals surface area contributed by atoms with Crippen molar-refractivity contribution in [3.63, 3.8) is 0 Å². The van der Waals surface area contributed by atoms with Crippen LogP contribution >= 0.6 is 12.2 Å². The Bertz CT molecular complexity index is 681. The highest BCUT2D eigenvalue weighted by atomic mass is 32.1. The molecule has 0 aliphatic rings. The van der Waals surface area contributed by atoms with Crippen molar-refractivity contribution in [2.45, 2.75) is 12.8 Å². The summed E-state index contributed by atoms with van der Waals surface area (Å²) < 4.78 is 14.6. The number of thiocarbonyl (C=S) groups is 1. The lowest BCUT2D eigenvalue weighted by atomic mass is 10.2. The molecule has 0 atom stereocenters. The van der Waals surface area contributed by atoms with Gasteiger partial charge >= 0.3 is 5.97 Å². The molecule has 0 heterocycles. The largest absolute Gasteiger partial charge is 0.494 e. The number of amides is 1. The van der Waals surface area contributed by atoms with E-state index in [4.69, 9.17) is 26.4 Å². The van der Waals surface area contributed by atoms with Crippen LogP contribution in [0.15, 0.2) is 18.2 Å². The van der Waals surface area contributed by atoms with Crippen LogP contribution < -0.4 is 15.4 Å². The number of nitrogens with one attached hydrogen (secondary N) is 2. The van der Waals surface area contributed by atoms with Crippen molar-refractivity contribution < 1.29 is 28.7 Å². The molecule has 2 N–H and O–H groups in total. The minimum atomic E-state index is -0.557. The smallest absolute Gasteiger partial charge is 0.306 e. The number of methoxy groups -OCH3 is 2. The Morgan fingerprint density at radius 3 is 2.58 bits per heavy atom. The second kappa shape index (κ2) is 10.9. The van der Waals surface area contributed by atoms with E-state index in [0.717, 1.165) is 0 Å². The zero-order valence-electron chi connectivity index (χ0n) is 14.3. The van der Waals surface area contributed by atoms with Crippen LogP contribution in [-0.4, -0.2) is 49.3 Å². The Hall–Kier alpha value is -2.79. The molecule has 0 saturated heterocycles. The van der Waals surface area contributed by atoms with E-state index in [1.54, 1.807) is 0 Å². The highest BCUT2D eigenvalue weighted by molar-refractivity contribution is 7.80. The monoisotopic (exact) mass is 385 g/mol. The maximum atomic E-state index is 11.8. The Labute approximate surface area is 154 Å². The van der Waals surface area contributed by atoms with E-state index in [-0.39, 0.29) is 42.6 Å². The molecular weight excluding hydrogens is 366 g/mol. The summed E-state index contributed by atoms with van der Waals surface area (Å²) in [5.41, 5.74) is 0.205. The number of rotatable bonds is 9. The zero-order chi connectivity index (χ0) is 19.5. The Kier molecular flexibility index (Phi) is 8.95. The molecule has 0 saturated carbocycles. The van der Waals surface area contributed by atoms with Crippen molar-refractivity contribution in [3.05, 3.63) is 28.3 Å². The van der Waals surface area contributed by atoms with E-state index in [1.165, 1.54) is 32.4 Å². The number of ether oxygens (including phenoxy) is 3. The molecule has 0 radical (unpaired) electrons. The Morgan fingerprint density at radius 1 is 1.23 bits per heavy atom. The molecule has 1 aromatic carbocycles. The van der Waals surface area contributed by atoms with Gasteiger partial charge in [0, 0.05) is 19.6 Å². The predicted octanol–water partition coefficient (Wildman–Crippen LogP) is 1.39. The van der Waals surface area contributed by atoms with Gasteiger partial charge in [-0.1, -0.05) is 0 Å². The van der Waals surface area contributed by atoms with Crippen molar-refractivity contribution >= 4 is 40.6 Å². The molecule has 0 spiro atoms. The average Bonchev–Trinajstić information content (AvgIpc) is 2.60. The maximum absolute atomic E-state index is 11.8. The van der Waals surface area contributed by atoms with Gasteiger partial charge in [-0.15, -0.1) is 0 Å². The first-order valence-electron chi connectivity index (χ1n) is 7.45. The van der Waals surface area contributed by atoms with E-state index in [0.29, 0.717) is 5.69 Å². The number of non-ortho nitro benzene ring substituents is 1. The second-order valence-corrected chi connectivity index (χ2v) is 5.27. The molecule has 11 heteroatoms. The van der Waals surface area contributed by atoms with Crippen LogP contribution in [0.1, 0.15) is 12.8 Å². The fourth-order valence-corrected chi connectivity index (χ4v) is 1.99. The van der Waals surface area contributed by atoms with E-state index in [9.17, 15) is 19.7 Å². The van der Waals surface area contributed by atoms with Gasteiger partial charge in [0.25, 0.3) is 5.69 Å². The number of esters is 1. The van der Waals surface area contributed by atoms with Crippen LogP contribution in [0, 0.1) is 10.1 Å². The van der Waals surface area contributed by atoms with Gasteiger partial charge in [-0.25, -0.2) is 0 Å². The molecule has 0 unspecified atom stereocenters.